The summed E-state index contributed by atoms with van der Waals surface area (Å²) in [4.78, 5) is 12.6. The summed E-state index contributed by atoms with van der Waals surface area (Å²) < 4.78 is 43.3. The van der Waals surface area contributed by atoms with Crippen LogP contribution in [-0.4, -0.2) is 46.9 Å². The van der Waals surface area contributed by atoms with Crippen LogP contribution >= 0.6 is 0 Å². The van der Waals surface area contributed by atoms with Crippen LogP contribution in [0.5, 0.6) is 17.2 Å². The second-order valence-electron chi connectivity index (χ2n) is 10.2. The highest BCUT2D eigenvalue weighted by Gasteiger charge is 2.21. The Kier molecular flexibility index (Phi) is 8.16. The van der Waals surface area contributed by atoms with Gasteiger partial charge >= 0.3 is 0 Å². The first kappa shape index (κ1) is 27.3. The van der Waals surface area contributed by atoms with Crippen LogP contribution in [0.4, 0.5) is 5.69 Å². The van der Waals surface area contributed by atoms with E-state index in [9.17, 15) is 13.2 Å². The highest BCUT2D eigenvalue weighted by molar-refractivity contribution is 7.92. The van der Waals surface area contributed by atoms with Crippen LogP contribution in [0, 0.1) is 0 Å². The van der Waals surface area contributed by atoms with Crippen LogP contribution in [-0.2, 0) is 22.0 Å². The average Bonchev–Trinajstić information content (AvgIpc) is 2.89. The number of benzene rings is 3. The van der Waals surface area contributed by atoms with Crippen LogP contribution in [0.1, 0.15) is 42.3 Å². The van der Waals surface area contributed by atoms with E-state index in [4.69, 9.17) is 14.2 Å². The maximum Gasteiger partial charge on any atom is 0.251 e. The Labute approximate surface area is 224 Å². The van der Waals surface area contributed by atoms with Gasteiger partial charge in [-0.15, -0.1) is 0 Å². The van der Waals surface area contributed by atoms with Gasteiger partial charge in [0.15, 0.2) is 11.5 Å². The molecule has 0 fully saturated rings. The molecule has 0 aromatic heterocycles. The van der Waals surface area contributed by atoms with Crippen LogP contribution in [0.3, 0.4) is 0 Å². The summed E-state index contributed by atoms with van der Waals surface area (Å²) in [6, 6.07) is 19.9. The standard InChI is InChI=1S/C29H34N2O6S/c1-29(2,3)23-9-12-25(13-10-23)35-16-15-30-28(32)22-7-5-21(6-8-22)20-31(38(4,33)34)24-11-14-26-27(19-24)37-18-17-36-26/h5-14,19H,15-18,20H2,1-4H3,(H,30,32). The van der Waals surface area contributed by atoms with Crippen molar-refractivity contribution in [3.05, 3.63) is 83.4 Å². The van der Waals surface area contributed by atoms with Gasteiger partial charge in [0.2, 0.25) is 10.0 Å². The SMILES string of the molecule is CC(C)(C)c1ccc(OCCNC(=O)c2ccc(CN(c3ccc4c(c3)OCCO4)S(C)(=O)=O)cc2)cc1. The lowest BCUT2D eigenvalue weighted by atomic mass is 9.87. The molecule has 9 heteroatoms. The molecule has 0 aliphatic carbocycles. The summed E-state index contributed by atoms with van der Waals surface area (Å²) in [5, 5.41) is 2.85. The molecule has 0 spiro atoms. The summed E-state index contributed by atoms with van der Waals surface area (Å²) in [5.74, 6) is 1.63. The number of nitrogens with one attached hydrogen (secondary N) is 1. The first-order valence-electron chi connectivity index (χ1n) is 12.5. The van der Waals surface area contributed by atoms with E-state index in [0.29, 0.717) is 49.1 Å². The Morgan fingerprint density at radius 3 is 2.24 bits per heavy atom. The predicted molar refractivity (Wildman–Crippen MR) is 148 cm³/mol. The maximum absolute atomic E-state index is 12.6. The van der Waals surface area contributed by atoms with E-state index in [0.717, 1.165) is 17.6 Å². The van der Waals surface area contributed by atoms with Gasteiger partial charge in [0.1, 0.15) is 25.6 Å². The summed E-state index contributed by atoms with van der Waals surface area (Å²) in [6.07, 6.45) is 1.16. The molecule has 0 bridgehead atoms. The molecule has 1 amide bonds. The Hall–Kier alpha value is -3.72. The molecule has 0 unspecified atom stereocenters. The van der Waals surface area contributed by atoms with Gasteiger partial charge < -0.3 is 19.5 Å². The van der Waals surface area contributed by atoms with Crippen molar-refractivity contribution in [2.75, 3.05) is 36.9 Å². The molecule has 3 aromatic carbocycles. The van der Waals surface area contributed by atoms with Gasteiger partial charge in [-0.3, -0.25) is 9.10 Å². The molecule has 1 heterocycles. The number of hydrogen-bond acceptors (Lipinski definition) is 6. The molecule has 0 saturated carbocycles. The van der Waals surface area contributed by atoms with E-state index in [1.54, 1.807) is 42.5 Å². The fourth-order valence-corrected chi connectivity index (χ4v) is 4.88. The zero-order valence-corrected chi connectivity index (χ0v) is 23.0. The first-order chi connectivity index (χ1) is 18.0. The van der Waals surface area contributed by atoms with Gasteiger partial charge in [-0.1, -0.05) is 45.0 Å². The third-order valence-corrected chi connectivity index (χ3v) is 7.27. The van der Waals surface area contributed by atoms with Gasteiger partial charge in [0, 0.05) is 11.6 Å². The third kappa shape index (κ3) is 6.98. The third-order valence-electron chi connectivity index (χ3n) is 6.13. The highest BCUT2D eigenvalue weighted by atomic mass is 32.2. The maximum atomic E-state index is 12.6. The number of hydrogen-bond donors (Lipinski definition) is 1. The summed E-state index contributed by atoms with van der Waals surface area (Å²) in [7, 11) is -3.57. The lowest BCUT2D eigenvalue weighted by Crippen LogP contribution is -2.30. The monoisotopic (exact) mass is 538 g/mol. The quantitative estimate of drug-likeness (QED) is 0.403. The van der Waals surface area contributed by atoms with E-state index < -0.39 is 10.0 Å². The fraction of sp³-hybridized carbons (Fsp3) is 0.345. The lowest BCUT2D eigenvalue weighted by molar-refractivity contribution is 0.0947. The van der Waals surface area contributed by atoms with Gasteiger partial charge in [-0.2, -0.15) is 0 Å². The summed E-state index contributed by atoms with van der Waals surface area (Å²) in [6.45, 7) is 8.16. The Balaban J connectivity index is 1.32. The minimum atomic E-state index is -3.57. The van der Waals surface area contributed by atoms with Gasteiger partial charge in [0.05, 0.1) is 25.0 Å². The van der Waals surface area contributed by atoms with E-state index in [1.165, 1.54) is 9.87 Å². The number of ether oxygens (including phenoxy) is 3. The topological polar surface area (TPSA) is 94.2 Å². The van der Waals surface area contributed by atoms with Gasteiger partial charge in [-0.05, 0) is 52.9 Å². The van der Waals surface area contributed by atoms with Crippen molar-refractivity contribution in [2.45, 2.75) is 32.7 Å². The van der Waals surface area contributed by atoms with Crippen LogP contribution < -0.4 is 23.8 Å². The minimum Gasteiger partial charge on any atom is -0.492 e. The number of fused-ring (bicyclic) bond motifs is 1. The molecule has 8 nitrogen and oxygen atoms in total. The molecule has 0 atom stereocenters. The minimum absolute atomic E-state index is 0.0799. The van der Waals surface area contributed by atoms with Gasteiger partial charge in [-0.25, -0.2) is 8.42 Å². The Morgan fingerprint density at radius 2 is 1.61 bits per heavy atom. The number of anilines is 1. The molecule has 4 rings (SSSR count). The molecule has 38 heavy (non-hydrogen) atoms. The molecular weight excluding hydrogens is 504 g/mol. The van der Waals surface area contributed by atoms with Crippen LogP contribution in [0.15, 0.2) is 66.7 Å². The van der Waals surface area contributed by atoms with Crippen molar-refractivity contribution >= 4 is 21.6 Å². The smallest absolute Gasteiger partial charge is 0.251 e. The largest absolute Gasteiger partial charge is 0.492 e. The average molecular weight is 539 g/mol. The molecule has 202 valence electrons. The number of rotatable bonds is 9. The summed E-state index contributed by atoms with van der Waals surface area (Å²) >= 11 is 0. The fourth-order valence-electron chi connectivity index (χ4n) is 4.00. The number of amides is 1. The van der Waals surface area contributed by atoms with E-state index >= 15 is 0 Å². The Bertz CT molecular complexity index is 1360. The van der Waals surface area contributed by atoms with Crippen molar-refractivity contribution in [1.29, 1.82) is 0 Å². The zero-order valence-electron chi connectivity index (χ0n) is 22.2. The van der Waals surface area contributed by atoms with E-state index in [1.807, 2.05) is 24.3 Å². The first-order valence-corrected chi connectivity index (χ1v) is 14.3. The molecule has 0 radical (unpaired) electrons. The lowest BCUT2D eigenvalue weighted by Gasteiger charge is -2.25. The molecule has 0 saturated heterocycles. The number of sulfonamides is 1. The van der Waals surface area contributed by atoms with Gasteiger partial charge in [0.25, 0.3) is 5.91 Å². The molecule has 1 aliphatic heterocycles. The predicted octanol–water partition coefficient (Wildman–Crippen LogP) is 4.53. The van der Waals surface area contributed by atoms with E-state index in [2.05, 4.69) is 26.1 Å². The second kappa shape index (κ2) is 11.3. The van der Waals surface area contributed by atoms with Crippen molar-refractivity contribution in [3.8, 4) is 17.2 Å². The molecule has 1 N–H and O–H groups in total. The molecule has 3 aromatic rings. The zero-order chi connectivity index (χ0) is 27.3. The van der Waals surface area contributed by atoms with E-state index in [-0.39, 0.29) is 17.9 Å². The molecule has 1 aliphatic rings. The number of carbonyl (C=O) groups is 1. The second-order valence-corrected chi connectivity index (χ2v) is 12.1. The molecular formula is C29H34N2O6S. The number of nitrogens with zero attached hydrogens (tertiary/aromatic N) is 1. The van der Waals surface area contributed by atoms with Crippen LogP contribution in [0.2, 0.25) is 0 Å². The normalized spacial score (nSPS) is 13.1. The van der Waals surface area contributed by atoms with Crippen molar-refractivity contribution < 1.29 is 27.4 Å². The Morgan fingerprint density at radius 1 is 0.947 bits per heavy atom. The van der Waals surface area contributed by atoms with Crippen molar-refractivity contribution in [2.24, 2.45) is 0 Å². The highest BCUT2D eigenvalue weighted by Crippen LogP contribution is 2.35. The van der Waals surface area contributed by atoms with Crippen molar-refractivity contribution in [1.82, 2.24) is 5.32 Å². The van der Waals surface area contributed by atoms with Crippen molar-refractivity contribution in [3.63, 3.8) is 0 Å². The number of carbonyl (C=O) groups excluding carboxylic acids is 1. The van der Waals surface area contributed by atoms with Crippen LogP contribution in [0.25, 0.3) is 0 Å². The summed E-state index contributed by atoms with van der Waals surface area (Å²) in [5.41, 5.74) is 3.01.